The van der Waals surface area contributed by atoms with Crippen molar-refractivity contribution in [1.82, 2.24) is 19.9 Å². The lowest BCUT2D eigenvalue weighted by Crippen LogP contribution is -2.16. The molecule has 0 bridgehead atoms. The lowest BCUT2D eigenvalue weighted by molar-refractivity contribution is 0.102. The largest absolute Gasteiger partial charge is 0.383 e. The first kappa shape index (κ1) is 15.2. The van der Waals surface area contributed by atoms with Gasteiger partial charge in [0, 0.05) is 17.7 Å². The highest BCUT2D eigenvalue weighted by molar-refractivity contribution is 6.06. The van der Waals surface area contributed by atoms with Gasteiger partial charge >= 0.3 is 0 Å². The fourth-order valence-corrected chi connectivity index (χ4v) is 2.45. The first-order valence-corrected chi connectivity index (χ1v) is 8.02. The number of nitrogens with zero attached hydrogens (tertiary/aromatic N) is 4. The maximum atomic E-state index is 12.4. The molecule has 3 N–H and O–H groups in total. The molecule has 1 aliphatic carbocycles. The van der Waals surface area contributed by atoms with Crippen LogP contribution in [0.1, 0.15) is 34.9 Å². The van der Waals surface area contributed by atoms with Gasteiger partial charge in [-0.1, -0.05) is 30.3 Å². The highest BCUT2D eigenvalue weighted by Gasteiger charge is 2.27. The van der Waals surface area contributed by atoms with Gasteiger partial charge in [-0.25, -0.2) is 19.9 Å². The van der Waals surface area contributed by atoms with Crippen molar-refractivity contribution in [3.8, 4) is 11.4 Å². The summed E-state index contributed by atoms with van der Waals surface area (Å²) in [6, 6.07) is 9.62. The molecule has 7 heteroatoms. The second-order valence-electron chi connectivity index (χ2n) is 5.92. The second-order valence-corrected chi connectivity index (χ2v) is 5.92. The molecule has 1 aromatic carbocycles. The van der Waals surface area contributed by atoms with Crippen LogP contribution in [0.3, 0.4) is 0 Å². The number of aromatic nitrogens is 4. The topological polar surface area (TPSA) is 107 Å². The van der Waals surface area contributed by atoms with Gasteiger partial charge in [-0.2, -0.15) is 0 Å². The summed E-state index contributed by atoms with van der Waals surface area (Å²) in [6.45, 7) is 0. The number of rotatable bonds is 4. The molecule has 0 saturated heterocycles. The lowest BCUT2D eigenvalue weighted by atomic mass is 10.2. The molecule has 25 heavy (non-hydrogen) atoms. The van der Waals surface area contributed by atoms with Crippen LogP contribution in [0.15, 0.2) is 48.9 Å². The van der Waals surface area contributed by atoms with Crippen molar-refractivity contribution in [2.75, 3.05) is 11.1 Å². The number of nitrogens with two attached hydrogens (primary N) is 1. The number of nitrogens with one attached hydrogen (secondary N) is 1. The highest BCUT2D eigenvalue weighted by atomic mass is 16.1. The van der Waals surface area contributed by atoms with Gasteiger partial charge < -0.3 is 11.1 Å². The standard InChI is InChI=1S/C18H16N6O/c19-15-14(10-22-17(24-15)12-6-7-12)18(25)23-13-8-20-16(21-9-13)11-4-2-1-3-5-11/h1-5,8-10,12H,6-7H2,(H,23,25)(H2,19,22,24). The summed E-state index contributed by atoms with van der Waals surface area (Å²) in [4.78, 5) is 29.4. The van der Waals surface area contributed by atoms with Crippen LogP contribution >= 0.6 is 0 Å². The van der Waals surface area contributed by atoms with E-state index < -0.39 is 0 Å². The minimum absolute atomic E-state index is 0.191. The van der Waals surface area contributed by atoms with E-state index in [1.807, 2.05) is 30.3 Å². The molecule has 1 fully saturated rings. The molecule has 0 atom stereocenters. The first-order valence-electron chi connectivity index (χ1n) is 8.02. The van der Waals surface area contributed by atoms with Crippen LogP contribution in [0.5, 0.6) is 0 Å². The molecule has 0 radical (unpaired) electrons. The predicted octanol–water partition coefficient (Wildman–Crippen LogP) is 2.65. The fraction of sp³-hybridized carbons (Fsp3) is 0.167. The molecular weight excluding hydrogens is 316 g/mol. The Balaban J connectivity index is 1.49. The molecule has 2 aromatic heterocycles. The van der Waals surface area contributed by atoms with E-state index in [0.29, 0.717) is 23.3 Å². The van der Waals surface area contributed by atoms with Crippen LogP contribution in [0.4, 0.5) is 11.5 Å². The summed E-state index contributed by atoms with van der Waals surface area (Å²) in [7, 11) is 0. The van der Waals surface area contributed by atoms with Crippen molar-refractivity contribution >= 4 is 17.4 Å². The van der Waals surface area contributed by atoms with Gasteiger partial charge in [0.1, 0.15) is 17.2 Å². The SMILES string of the molecule is Nc1nc(C2CC2)ncc1C(=O)Nc1cnc(-c2ccccc2)nc1. The maximum absolute atomic E-state index is 12.4. The van der Waals surface area contributed by atoms with Crippen molar-refractivity contribution in [2.45, 2.75) is 18.8 Å². The molecule has 0 aliphatic heterocycles. The monoisotopic (exact) mass is 332 g/mol. The number of hydrogen-bond donors (Lipinski definition) is 2. The maximum Gasteiger partial charge on any atom is 0.261 e. The number of amides is 1. The average molecular weight is 332 g/mol. The van der Waals surface area contributed by atoms with Crippen molar-refractivity contribution in [3.05, 3.63) is 60.3 Å². The Bertz CT molecular complexity index is 907. The van der Waals surface area contributed by atoms with E-state index in [1.165, 1.54) is 6.20 Å². The molecule has 124 valence electrons. The molecule has 0 spiro atoms. The number of carbonyl (C=O) groups is 1. The minimum Gasteiger partial charge on any atom is -0.383 e. The summed E-state index contributed by atoms with van der Waals surface area (Å²) in [6.07, 6.45) is 6.75. The number of carbonyl (C=O) groups excluding carboxylic acids is 1. The van der Waals surface area contributed by atoms with Gasteiger partial charge in [-0.05, 0) is 12.8 Å². The van der Waals surface area contributed by atoms with E-state index >= 15 is 0 Å². The van der Waals surface area contributed by atoms with Crippen molar-refractivity contribution in [3.63, 3.8) is 0 Å². The molecule has 1 saturated carbocycles. The zero-order valence-electron chi connectivity index (χ0n) is 13.4. The van der Waals surface area contributed by atoms with E-state index in [-0.39, 0.29) is 17.3 Å². The van der Waals surface area contributed by atoms with Crippen LogP contribution in [-0.2, 0) is 0 Å². The van der Waals surface area contributed by atoms with Crippen molar-refractivity contribution < 1.29 is 4.79 Å². The zero-order chi connectivity index (χ0) is 17.2. The average Bonchev–Trinajstić information content (AvgIpc) is 3.48. The van der Waals surface area contributed by atoms with Crippen molar-refractivity contribution in [2.24, 2.45) is 0 Å². The van der Waals surface area contributed by atoms with Crippen molar-refractivity contribution in [1.29, 1.82) is 0 Å². The Morgan fingerprint density at radius 3 is 2.40 bits per heavy atom. The molecule has 7 nitrogen and oxygen atoms in total. The summed E-state index contributed by atoms with van der Waals surface area (Å²) >= 11 is 0. The molecule has 1 amide bonds. The summed E-state index contributed by atoms with van der Waals surface area (Å²) < 4.78 is 0. The summed E-state index contributed by atoms with van der Waals surface area (Å²) in [5.74, 6) is 1.50. The summed E-state index contributed by atoms with van der Waals surface area (Å²) in [5, 5.41) is 2.72. The number of hydrogen-bond acceptors (Lipinski definition) is 6. The smallest absolute Gasteiger partial charge is 0.261 e. The van der Waals surface area contributed by atoms with Gasteiger partial charge in [0.15, 0.2) is 5.82 Å². The third kappa shape index (κ3) is 3.30. The highest BCUT2D eigenvalue weighted by Crippen LogP contribution is 2.38. The number of anilines is 2. The molecule has 2 heterocycles. The second kappa shape index (κ2) is 6.27. The van der Waals surface area contributed by atoms with Crippen LogP contribution < -0.4 is 11.1 Å². The lowest BCUT2D eigenvalue weighted by Gasteiger charge is -2.08. The molecule has 4 rings (SSSR count). The van der Waals surface area contributed by atoms with Crippen LogP contribution in [0.25, 0.3) is 11.4 Å². The van der Waals surface area contributed by atoms with Gasteiger partial charge in [0.25, 0.3) is 5.91 Å². The Morgan fingerprint density at radius 2 is 1.76 bits per heavy atom. The Hall–Kier alpha value is -3.35. The number of benzene rings is 1. The molecular formula is C18H16N6O. The van der Waals surface area contributed by atoms with E-state index in [2.05, 4.69) is 25.3 Å². The Labute approximate surface area is 144 Å². The number of nitrogen functional groups attached to an aromatic ring is 1. The third-order valence-electron chi connectivity index (χ3n) is 3.97. The third-order valence-corrected chi connectivity index (χ3v) is 3.97. The van der Waals surface area contributed by atoms with E-state index in [0.717, 1.165) is 18.4 Å². The zero-order valence-corrected chi connectivity index (χ0v) is 13.4. The van der Waals surface area contributed by atoms with Gasteiger partial charge in [-0.15, -0.1) is 0 Å². The predicted molar refractivity (Wildman–Crippen MR) is 93.8 cm³/mol. The fourth-order valence-electron chi connectivity index (χ4n) is 2.45. The Kier molecular flexibility index (Phi) is 3.81. The van der Waals surface area contributed by atoms with Crippen LogP contribution in [0.2, 0.25) is 0 Å². The quantitative estimate of drug-likeness (QED) is 0.760. The Morgan fingerprint density at radius 1 is 1.04 bits per heavy atom. The molecule has 3 aromatic rings. The van der Waals surface area contributed by atoms with Gasteiger partial charge in [0.05, 0.1) is 18.1 Å². The molecule has 0 unspecified atom stereocenters. The van der Waals surface area contributed by atoms with Crippen LogP contribution in [0, 0.1) is 0 Å². The molecule has 1 aliphatic rings. The van der Waals surface area contributed by atoms with E-state index in [9.17, 15) is 4.79 Å². The summed E-state index contributed by atoms with van der Waals surface area (Å²) in [5.41, 5.74) is 7.54. The van der Waals surface area contributed by atoms with E-state index in [4.69, 9.17) is 5.73 Å². The minimum atomic E-state index is -0.379. The van der Waals surface area contributed by atoms with Gasteiger partial charge in [-0.3, -0.25) is 4.79 Å². The normalized spacial score (nSPS) is 13.4. The first-order chi connectivity index (χ1) is 12.2. The van der Waals surface area contributed by atoms with E-state index in [1.54, 1.807) is 12.4 Å². The van der Waals surface area contributed by atoms with Gasteiger partial charge in [0.2, 0.25) is 0 Å². The van der Waals surface area contributed by atoms with Crippen LogP contribution in [-0.4, -0.2) is 25.8 Å².